The molecule has 0 spiro atoms. The Kier molecular flexibility index (Phi) is 5.47. The Bertz CT molecular complexity index is 398. The highest BCUT2D eigenvalue weighted by Gasteiger charge is 2.10. The second kappa shape index (κ2) is 6.87. The molecule has 0 aliphatic carbocycles. The van der Waals surface area contributed by atoms with Gasteiger partial charge >= 0.3 is 0 Å². The van der Waals surface area contributed by atoms with Gasteiger partial charge in [-0.05, 0) is 0 Å². The maximum Gasteiger partial charge on any atom is 0.232 e. The Hall–Kier alpha value is -1.73. The summed E-state index contributed by atoms with van der Waals surface area (Å²) >= 11 is 0. The van der Waals surface area contributed by atoms with Crippen molar-refractivity contribution in [2.24, 2.45) is 5.92 Å². The van der Waals surface area contributed by atoms with Crippen molar-refractivity contribution in [1.82, 2.24) is 9.97 Å². The maximum absolute atomic E-state index is 11.4. The summed E-state index contributed by atoms with van der Waals surface area (Å²) in [6.07, 6.45) is 0.470. The van der Waals surface area contributed by atoms with Crippen LogP contribution in [0.15, 0.2) is 12.3 Å². The number of ether oxygens (including phenoxy) is 1. The van der Waals surface area contributed by atoms with Crippen LogP contribution < -0.4 is 10.1 Å². The number of nitrogens with one attached hydrogen (secondary N) is 1. The molecule has 1 aromatic rings. The van der Waals surface area contributed by atoms with Gasteiger partial charge in [-0.3, -0.25) is 10.1 Å². The van der Waals surface area contributed by atoms with Crippen molar-refractivity contribution in [3.05, 3.63) is 12.3 Å². The third-order valence-electron chi connectivity index (χ3n) is 2.02. The number of aliphatic hydroxyl groups is 2. The largest absolute Gasteiger partial charge is 0.475 e. The van der Waals surface area contributed by atoms with Crippen LogP contribution in [-0.4, -0.2) is 45.4 Å². The Balaban J connectivity index is 2.59. The number of carbonyl (C=O) groups excluding carboxylic acids is 1. The number of amides is 1. The molecule has 1 heterocycles. The molecule has 3 N–H and O–H groups in total. The monoisotopic (exact) mass is 255 g/mol. The van der Waals surface area contributed by atoms with Gasteiger partial charge in [0.15, 0.2) is 0 Å². The first-order valence-corrected chi connectivity index (χ1v) is 5.58. The molecular formula is C11H17N3O4. The van der Waals surface area contributed by atoms with Crippen molar-refractivity contribution in [2.75, 3.05) is 18.5 Å². The van der Waals surface area contributed by atoms with Crippen molar-refractivity contribution in [3.8, 4) is 5.88 Å². The third kappa shape index (κ3) is 4.64. The van der Waals surface area contributed by atoms with E-state index in [1.54, 1.807) is 13.8 Å². The van der Waals surface area contributed by atoms with Crippen molar-refractivity contribution in [1.29, 1.82) is 0 Å². The predicted molar refractivity (Wildman–Crippen MR) is 64.1 cm³/mol. The molecule has 0 bridgehead atoms. The summed E-state index contributed by atoms with van der Waals surface area (Å²) in [6.45, 7) is 3.05. The van der Waals surface area contributed by atoms with E-state index >= 15 is 0 Å². The van der Waals surface area contributed by atoms with Crippen LogP contribution in [0.4, 0.5) is 5.95 Å². The maximum atomic E-state index is 11.4. The summed E-state index contributed by atoms with van der Waals surface area (Å²) in [7, 11) is 0. The first-order valence-electron chi connectivity index (χ1n) is 5.58. The van der Waals surface area contributed by atoms with E-state index in [-0.39, 0.29) is 36.9 Å². The SMILES string of the molecule is CC(C)C(=O)Nc1nccc(OC[C@H](O)CO)n1. The summed E-state index contributed by atoms with van der Waals surface area (Å²) in [6, 6.07) is 1.50. The average molecular weight is 255 g/mol. The number of rotatable bonds is 6. The fourth-order valence-electron chi connectivity index (χ4n) is 0.972. The fraction of sp³-hybridized carbons (Fsp3) is 0.545. The van der Waals surface area contributed by atoms with Gasteiger partial charge in [-0.1, -0.05) is 13.8 Å². The van der Waals surface area contributed by atoms with Crippen LogP contribution in [0.2, 0.25) is 0 Å². The molecule has 1 rings (SSSR count). The first kappa shape index (κ1) is 14.3. The van der Waals surface area contributed by atoms with Gasteiger partial charge in [-0.25, -0.2) is 4.98 Å². The van der Waals surface area contributed by atoms with Gasteiger partial charge in [0.2, 0.25) is 17.7 Å². The molecule has 0 aromatic carbocycles. The summed E-state index contributed by atoms with van der Waals surface area (Å²) in [5, 5.41) is 20.3. The molecule has 0 saturated carbocycles. The van der Waals surface area contributed by atoms with Crippen LogP contribution in [0.1, 0.15) is 13.8 Å². The molecule has 0 saturated heterocycles. The molecule has 18 heavy (non-hydrogen) atoms. The van der Waals surface area contributed by atoms with E-state index in [0.29, 0.717) is 0 Å². The Morgan fingerprint density at radius 2 is 2.28 bits per heavy atom. The van der Waals surface area contributed by atoms with Crippen molar-refractivity contribution >= 4 is 11.9 Å². The molecule has 0 aliphatic heterocycles. The highest BCUT2D eigenvalue weighted by Crippen LogP contribution is 2.09. The zero-order valence-electron chi connectivity index (χ0n) is 10.3. The minimum Gasteiger partial charge on any atom is -0.475 e. The zero-order chi connectivity index (χ0) is 13.5. The van der Waals surface area contributed by atoms with Crippen LogP contribution in [-0.2, 0) is 4.79 Å². The smallest absolute Gasteiger partial charge is 0.232 e. The van der Waals surface area contributed by atoms with Gasteiger partial charge in [0.25, 0.3) is 0 Å². The lowest BCUT2D eigenvalue weighted by molar-refractivity contribution is -0.118. The third-order valence-corrected chi connectivity index (χ3v) is 2.02. The second-order valence-electron chi connectivity index (χ2n) is 4.01. The predicted octanol–water partition coefficient (Wildman–Crippen LogP) is -0.197. The molecule has 0 radical (unpaired) electrons. The quantitative estimate of drug-likeness (QED) is 0.650. The number of nitrogens with zero attached hydrogens (tertiary/aromatic N) is 2. The lowest BCUT2D eigenvalue weighted by atomic mass is 10.2. The fourth-order valence-corrected chi connectivity index (χ4v) is 0.972. The summed E-state index contributed by atoms with van der Waals surface area (Å²) < 4.78 is 5.13. The molecule has 1 atom stereocenters. The summed E-state index contributed by atoms with van der Waals surface area (Å²) in [5.74, 6) is -0.00169. The molecule has 1 aromatic heterocycles. The lowest BCUT2D eigenvalue weighted by Gasteiger charge is -2.10. The second-order valence-corrected chi connectivity index (χ2v) is 4.01. The Labute approximate surface area is 105 Å². The highest BCUT2D eigenvalue weighted by atomic mass is 16.5. The minimum absolute atomic E-state index is 0.0783. The normalized spacial score (nSPS) is 12.3. The molecular weight excluding hydrogens is 238 g/mol. The van der Waals surface area contributed by atoms with E-state index in [2.05, 4.69) is 15.3 Å². The number of carbonyl (C=O) groups is 1. The highest BCUT2D eigenvalue weighted by molar-refractivity contribution is 5.90. The lowest BCUT2D eigenvalue weighted by Crippen LogP contribution is -2.22. The number of hydrogen-bond donors (Lipinski definition) is 3. The Morgan fingerprint density at radius 1 is 1.56 bits per heavy atom. The van der Waals surface area contributed by atoms with E-state index in [9.17, 15) is 4.79 Å². The topological polar surface area (TPSA) is 105 Å². The molecule has 7 nitrogen and oxygen atoms in total. The van der Waals surface area contributed by atoms with Crippen LogP contribution >= 0.6 is 0 Å². The van der Waals surface area contributed by atoms with Gasteiger partial charge in [-0.15, -0.1) is 0 Å². The van der Waals surface area contributed by atoms with Crippen molar-refractivity contribution in [3.63, 3.8) is 0 Å². The van der Waals surface area contributed by atoms with E-state index in [1.807, 2.05) is 0 Å². The van der Waals surface area contributed by atoms with Crippen LogP contribution in [0.5, 0.6) is 5.88 Å². The van der Waals surface area contributed by atoms with Gasteiger partial charge in [0.05, 0.1) is 6.61 Å². The van der Waals surface area contributed by atoms with Gasteiger partial charge < -0.3 is 14.9 Å². The number of aromatic nitrogens is 2. The minimum atomic E-state index is -0.964. The zero-order valence-corrected chi connectivity index (χ0v) is 10.3. The summed E-state index contributed by atoms with van der Waals surface area (Å²) in [5.41, 5.74) is 0. The van der Waals surface area contributed by atoms with Crippen LogP contribution in [0.3, 0.4) is 0 Å². The average Bonchev–Trinajstić information content (AvgIpc) is 2.36. The molecule has 1 amide bonds. The van der Waals surface area contributed by atoms with Gasteiger partial charge in [0, 0.05) is 18.2 Å². The van der Waals surface area contributed by atoms with Gasteiger partial charge in [0.1, 0.15) is 12.7 Å². The van der Waals surface area contributed by atoms with Crippen LogP contribution in [0, 0.1) is 5.92 Å². The van der Waals surface area contributed by atoms with E-state index in [0.717, 1.165) is 0 Å². The standard InChI is InChI=1S/C11H17N3O4/c1-7(2)10(17)14-11-12-4-3-9(13-11)18-6-8(16)5-15/h3-4,7-8,15-16H,5-6H2,1-2H3,(H,12,13,14,17)/t8-/m1/s1. The number of anilines is 1. The van der Waals surface area contributed by atoms with Crippen LogP contribution in [0.25, 0.3) is 0 Å². The molecule has 0 fully saturated rings. The van der Waals surface area contributed by atoms with E-state index < -0.39 is 6.10 Å². The molecule has 100 valence electrons. The van der Waals surface area contributed by atoms with Crippen molar-refractivity contribution < 1.29 is 19.7 Å². The number of aliphatic hydroxyl groups excluding tert-OH is 2. The molecule has 0 aliphatic rings. The summed E-state index contributed by atoms with van der Waals surface area (Å²) in [4.78, 5) is 19.2. The molecule has 0 unspecified atom stereocenters. The van der Waals surface area contributed by atoms with Gasteiger partial charge in [-0.2, -0.15) is 4.98 Å². The van der Waals surface area contributed by atoms with E-state index in [1.165, 1.54) is 12.3 Å². The number of hydrogen-bond acceptors (Lipinski definition) is 6. The Morgan fingerprint density at radius 3 is 2.89 bits per heavy atom. The van der Waals surface area contributed by atoms with E-state index in [4.69, 9.17) is 14.9 Å². The first-order chi connectivity index (χ1) is 8.52. The molecule has 7 heteroatoms. The van der Waals surface area contributed by atoms with Crippen molar-refractivity contribution in [2.45, 2.75) is 20.0 Å².